The Morgan fingerprint density at radius 3 is 2.22 bits per heavy atom. The first-order valence-corrected chi connectivity index (χ1v) is 7.35. The molecule has 0 fully saturated rings. The van der Waals surface area contributed by atoms with E-state index in [1.807, 2.05) is 5.32 Å². The SMILES string of the molecule is O=C(COC(=O)c1ccc(OC(F)F)cc1)Nc1ccccc1C(F)(F)F. The standard InChI is InChI=1S/C17H12F5NO4/c18-16(19)27-11-7-5-10(6-8-11)15(25)26-9-14(24)23-13-4-2-1-3-12(13)17(20,21)22/h1-8,16H,9H2,(H,23,24). The number of esters is 1. The highest BCUT2D eigenvalue weighted by molar-refractivity contribution is 5.96. The maximum atomic E-state index is 12.9. The quantitative estimate of drug-likeness (QED) is 0.597. The summed E-state index contributed by atoms with van der Waals surface area (Å²) in [5.74, 6) is -2.11. The molecule has 0 aliphatic rings. The van der Waals surface area contributed by atoms with E-state index in [0.29, 0.717) is 0 Å². The molecule has 0 aliphatic carbocycles. The largest absolute Gasteiger partial charge is 0.452 e. The number of anilines is 1. The third kappa shape index (κ3) is 5.94. The predicted octanol–water partition coefficient (Wildman–Crippen LogP) is 4.10. The first-order chi connectivity index (χ1) is 12.7. The number of nitrogens with one attached hydrogen (secondary N) is 1. The van der Waals surface area contributed by atoms with E-state index in [2.05, 4.69) is 9.47 Å². The molecule has 0 spiro atoms. The molecule has 2 aromatic rings. The van der Waals surface area contributed by atoms with E-state index in [1.54, 1.807) is 0 Å². The lowest BCUT2D eigenvalue weighted by atomic mass is 10.1. The average molecular weight is 389 g/mol. The smallest absolute Gasteiger partial charge is 0.418 e. The van der Waals surface area contributed by atoms with Crippen molar-refractivity contribution in [1.29, 1.82) is 0 Å². The lowest BCUT2D eigenvalue weighted by Gasteiger charge is -2.13. The van der Waals surface area contributed by atoms with Crippen LogP contribution in [0.15, 0.2) is 48.5 Å². The molecule has 0 saturated heterocycles. The zero-order valence-electron chi connectivity index (χ0n) is 13.4. The fourth-order valence-corrected chi connectivity index (χ4v) is 2.01. The summed E-state index contributed by atoms with van der Waals surface area (Å²) in [4.78, 5) is 23.5. The molecule has 0 unspecified atom stereocenters. The van der Waals surface area contributed by atoms with Gasteiger partial charge in [0.15, 0.2) is 6.61 Å². The van der Waals surface area contributed by atoms with Gasteiger partial charge in [0.05, 0.1) is 16.8 Å². The van der Waals surface area contributed by atoms with E-state index in [4.69, 9.17) is 0 Å². The predicted molar refractivity (Wildman–Crippen MR) is 83.4 cm³/mol. The second-order valence-corrected chi connectivity index (χ2v) is 5.07. The third-order valence-electron chi connectivity index (χ3n) is 3.16. The van der Waals surface area contributed by atoms with Gasteiger partial charge in [-0.05, 0) is 36.4 Å². The van der Waals surface area contributed by atoms with Crippen LogP contribution >= 0.6 is 0 Å². The molecule has 0 heterocycles. The Balaban J connectivity index is 1.93. The summed E-state index contributed by atoms with van der Waals surface area (Å²) >= 11 is 0. The molecule has 5 nitrogen and oxygen atoms in total. The van der Waals surface area contributed by atoms with Crippen LogP contribution in [0.3, 0.4) is 0 Å². The van der Waals surface area contributed by atoms with Crippen molar-refractivity contribution < 1.29 is 41.0 Å². The van der Waals surface area contributed by atoms with Gasteiger partial charge in [0.1, 0.15) is 5.75 Å². The zero-order valence-corrected chi connectivity index (χ0v) is 13.4. The second-order valence-electron chi connectivity index (χ2n) is 5.07. The van der Waals surface area contributed by atoms with Gasteiger partial charge in [-0.25, -0.2) is 4.79 Å². The first-order valence-electron chi connectivity index (χ1n) is 7.35. The van der Waals surface area contributed by atoms with Gasteiger partial charge in [0, 0.05) is 0 Å². The number of para-hydroxylation sites is 1. The second kappa shape index (κ2) is 8.47. The van der Waals surface area contributed by atoms with E-state index in [1.165, 1.54) is 12.1 Å². The van der Waals surface area contributed by atoms with Crippen LogP contribution in [-0.2, 0) is 15.7 Å². The molecule has 0 saturated carbocycles. The summed E-state index contributed by atoms with van der Waals surface area (Å²) in [5, 5.41) is 2.02. The number of benzene rings is 2. The van der Waals surface area contributed by atoms with Crippen LogP contribution in [0.4, 0.5) is 27.6 Å². The Morgan fingerprint density at radius 2 is 1.63 bits per heavy atom. The molecule has 144 valence electrons. The third-order valence-corrected chi connectivity index (χ3v) is 3.16. The number of carbonyl (C=O) groups is 2. The minimum Gasteiger partial charge on any atom is -0.452 e. The van der Waals surface area contributed by atoms with E-state index in [-0.39, 0.29) is 11.3 Å². The average Bonchev–Trinajstić information content (AvgIpc) is 2.59. The summed E-state index contributed by atoms with van der Waals surface area (Å²) in [5.41, 5.74) is -1.57. The fourth-order valence-electron chi connectivity index (χ4n) is 2.01. The van der Waals surface area contributed by atoms with E-state index in [0.717, 1.165) is 36.4 Å². The van der Waals surface area contributed by atoms with Gasteiger partial charge in [0.25, 0.3) is 5.91 Å². The molecule has 0 atom stereocenters. The van der Waals surface area contributed by atoms with Crippen molar-refractivity contribution in [3.05, 3.63) is 59.7 Å². The van der Waals surface area contributed by atoms with Crippen LogP contribution in [0.1, 0.15) is 15.9 Å². The summed E-state index contributed by atoms with van der Waals surface area (Å²) in [6.07, 6.45) is -4.66. The minimum absolute atomic E-state index is 0.0555. The number of rotatable bonds is 6. The minimum atomic E-state index is -4.66. The van der Waals surface area contributed by atoms with Gasteiger partial charge >= 0.3 is 18.8 Å². The normalized spacial score (nSPS) is 11.2. The first kappa shape index (κ1) is 20.1. The number of hydrogen-bond acceptors (Lipinski definition) is 4. The van der Waals surface area contributed by atoms with Crippen molar-refractivity contribution in [2.75, 3.05) is 11.9 Å². The Morgan fingerprint density at radius 1 is 1.00 bits per heavy atom. The molecule has 0 bridgehead atoms. The topological polar surface area (TPSA) is 64.6 Å². The van der Waals surface area contributed by atoms with Crippen molar-refractivity contribution in [3.63, 3.8) is 0 Å². The molecule has 27 heavy (non-hydrogen) atoms. The maximum absolute atomic E-state index is 12.9. The number of halogens is 5. The monoisotopic (exact) mass is 389 g/mol. The molecule has 0 aromatic heterocycles. The Labute approximate surface area is 149 Å². The summed E-state index contributed by atoms with van der Waals surface area (Å²) in [7, 11) is 0. The van der Waals surface area contributed by atoms with Crippen LogP contribution in [-0.4, -0.2) is 25.1 Å². The molecule has 2 aromatic carbocycles. The Hall–Kier alpha value is -3.17. The van der Waals surface area contributed by atoms with E-state index < -0.39 is 42.5 Å². The van der Waals surface area contributed by atoms with Gasteiger partial charge in [-0.2, -0.15) is 22.0 Å². The number of hydrogen-bond donors (Lipinski definition) is 1. The molecule has 0 aliphatic heterocycles. The lowest BCUT2D eigenvalue weighted by Crippen LogP contribution is -2.22. The lowest BCUT2D eigenvalue weighted by molar-refractivity contribution is -0.137. The highest BCUT2D eigenvalue weighted by Gasteiger charge is 2.33. The van der Waals surface area contributed by atoms with Crippen LogP contribution in [0, 0.1) is 0 Å². The highest BCUT2D eigenvalue weighted by Crippen LogP contribution is 2.34. The van der Waals surface area contributed by atoms with Gasteiger partial charge in [-0.15, -0.1) is 0 Å². The van der Waals surface area contributed by atoms with Gasteiger partial charge in [-0.3, -0.25) is 4.79 Å². The van der Waals surface area contributed by atoms with Crippen molar-refractivity contribution in [3.8, 4) is 5.75 Å². The molecule has 2 rings (SSSR count). The zero-order chi connectivity index (χ0) is 20.0. The van der Waals surface area contributed by atoms with Crippen molar-refractivity contribution in [2.45, 2.75) is 12.8 Å². The highest BCUT2D eigenvalue weighted by atomic mass is 19.4. The van der Waals surface area contributed by atoms with Crippen molar-refractivity contribution in [1.82, 2.24) is 0 Å². The van der Waals surface area contributed by atoms with Crippen LogP contribution in [0.5, 0.6) is 5.75 Å². The maximum Gasteiger partial charge on any atom is 0.418 e. The molecule has 1 N–H and O–H groups in total. The Kier molecular flexibility index (Phi) is 6.32. The summed E-state index contributed by atoms with van der Waals surface area (Å²) in [6.45, 7) is -3.86. The number of ether oxygens (including phenoxy) is 2. The van der Waals surface area contributed by atoms with E-state index in [9.17, 15) is 31.5 Å². The van der Waals surface area contributed by atoms with E-state index >= 15 is 0 Å². The molecular weight excluding hydrogens is 377 g/mol. The van der Waals surface area contributed by atoms with Crippen LogP contribution < -0.4 is 10.1 Å². The van der Waals surface area contributed by atoms with Crippen molar-refractivity contribution in [2.24, 2.45) is 0 Å². The molecule has 0 radical (unpaired) electrons. The molecule has 10 heteroatoms. The summed E-state index contributed by atoms with van der Waals surface area (Å²) in [6, 6.07) is 8.80. The number of alkyl halides is 5. The van der Waals surface area contributed by atoms with Crippen molar-refractivity contribution >= 4 is 17.6 Å². The molecular formula is C17H12F5NO4. The van der Waals surface area contributed by atoms with Gasteiger partial charge < -0.3 is 14.8 Å². The van der Waals surface area contributed by atoms with Gasteiger partial charge in [-0.1, -0.05) is 12.1 Å². The van der Waals surface area contributed by atoms with Crippen LogP contribution in [0.25, 0.3) is 0 Å². The number of amides is 1. The van der Waals surface area contributed by atoms with Gasteiger partial charge in [0.2, 0.25) is 0 Å². The number of carbonyl (C=O) groups excluding carboxylic acids is 2. The fraction of sp³-hybridized carbons (Fsp3) is 0.176. The summed E-state index contributed by atoms with van der Waals surface area (Å²) < 4.78 is 71.4. The van der Waals surface area contributed by atoms with Crippen LogP contribution in [0.2, 0.25) is 0 Å². The Bertz CT molecular complexity index is 806. The molecule has 1 amide bonds.